The normalized spacial score (nSPS) is 10.5. The fourth-order valence-corrected chi connectivity index (χ4v) is 1.73. The second-order valence-corrected chi connectivity index (χ2v) is 3.81. The van der Waals surface area contributed by atoms with E-state index >= 15 is 0 Å². The first-order valence-electron chi connectivity index (χ1n) is 5.57. The van der Waals surface area contributed by atoms with Crippen molar-refractivity contribution in [3.63, 3.8) is 0 Å². The Morgan fingerprint density at radius 2 is 2.18 bits per heavy atom. The molecule has 0 saturated heterocycles. The highest BCUT2D eigenvalue weighted by atomic mass is 19.1. The van der Waals surface area contributed by atoms with Gasteiger partial charge in [-0.25, -0.2) is 4.39 Å². The van der Waals surface area contributed by atoms with E-state index in [4.69, 9.17) is 5.11 Å². The summed E-state index contributed by atoms with van der Waals surface area (Å²) in [5.74, 6) is -0.937. The van der Waals surface area contributed by atoms with Crippen molar-refractivity contribution in [2.75, 3.05) is 5.32 Å². The number of rotatable bonds is 4. The van der Waals surface area contributed by atoms with Crippen LogP contribution >= 0.6 is 0 Å². The maximum absolute atomic E-state index is 13.1. The first kappa shape index (κ1) is 11.5. The minimum absolute atomic E-state index is 0.326. The van der Waals surface area contributed by atoms with Crippen LogP contribution in [0.3, 0.4) is 0 Å². The van der Waals surface area contributed by atoms with E-state index in [-0.39, 0.29) is 5.75 Å². The van der Waals surface area contributed by atoms with Crippen LogP contribution in [0, 0.1) is 5.82 Å². The molecule has 1 aromatic heterocycles. The average Bonchev–Trinajstić information content (AvgIpc) is 2.78. The Bertz CT molecular complexity index is 508. The molecule has 17 heavy (non-hydrogen) atoms. The van der Waals surface area contributed by atoms with Gasteiger partial charge in [0, 0.05) is 30.2 Å². The number of anilines is 1. The van der Waals surface area contributed by atoms with Crippen LogP contribution in [0.15, 0.2) is 36.5 Å². The molecule has 0 aliphatic heterocycles. The minimum Gasteiger partial charge on any atom is -0.505 e. The standard InChI is InChI=1S/C13H15FN2O/c1-2-16-7-3-4-11(16)9-15-10-5-6-13(17)12(14)8-10/h3-8,15,17H,2,9H2,1H3. The van der Waals surface area contributed by atoms with Crippen LogP contribution in [0.4, 0.5) is 10.1 Å². The van der Waals surface area contributed by atoms with Crippen molar-refractivity contribution in [1.29, 1.82) is 0 Å². The molecule has 0 atom stereocenters. The van der Waals surface area contributed by atoms with Crippen LogP contribution < -0.4 is 5.32 Å². The quantitative estimate of drug-likeness (QED) is 0.798. The number of aromatic nitrogens is 1. The topological polar surface area (TPSA) is 37.2 Å². The molecular formula is C13H15FN2O. The first-order valence-corrected chi connectivity index (χ1v) is 5.57. The number of phenols is 1. The lowest BCUT2D eigenvalue weighted by molar-refractivity contribution is 0.432. The van der Waals surface area contributed by atoms with Gasteiger partial charge in [-0.15, -0.1) is 0 Å². The molecule has 90 valence electrons. The van der Waals surface area contributed by atoms with Gasteiger partial charge in [0.05, 0.1) is 6.54 Å². The number of phenolic OH excluding ortho intramolecular Hbond substituents is 1. The fourth-order valence-electron chi connectivity index (χ4n) is 1.73. The number of nitrogens with zero attached hydrogens (tertiary/aromatic N) is 1. The number of hydrogen-bond donors (Lipinski definition) is 2. The molecule has 0 aliphatic carbocycles. The minimum atomic E-state index is -0.610. The van der Waals surface area contributed by atoms with E-state index in [1.165, 1.54) is 12.1 Å². The summed E-state index contributed by atoms with van der Waals surface area (Å²) in [7, 11) is 0. The molecule has 0 saturated carbocycles. The van der Waals surface area contributed by atoms with Crippen molar-refractivity contribution < 1.29 is 9.50 Å². The van der Waals surface area contributed by atoms with Gasteiger partial charge in [0.2, 0.25) is 0 Å². The van der Waals surface area contributed by atoms with Crippen LogP contribution in [-0.4, -0.2) is 9.67 Å². The van der Waals surface area contributed by atoms with Gasteiger partial charge < -0.3 is 15.0 Å². The zero-order chi connectivity index (χ0) is 12.3. The van der Waals surface area contributed by atoms with E-state index in [0.717, 1.165) is 12.2 Å². The predicted octanol–water partition coefficient (Wildman–Crippen LogP) is 2.96. The van der Waals surface area contributed by atoms with Crippen LogP contribution in [-0.2, 0) is 13.1 Å². The van der Waals surface area contributed by atoms with Crippen LogP contribution in [0.1, 0.15) is 12.6 Å². The molecule has 2 rings (SSSR count). The molecule has 4 heteroatoms. The van der Waals surface area contributed by atoms with E-state index in [1.807, 2.05) is 18.3 Å². The summed E-state index contributed by atoms with van der Waals surface area (Å²) in [5.41, 5.74) is 1.80. The molecule has 1 heterocycles. The van der Waals surface area contributed by atoms with Crippen molar-refractivity contribution in [1.82, 2.24) is 4.57 Å². The Kier molecular flexibility index (Phi) is 3.32. The number of aryl methyl sites for hydroxylation is 1. The van der Waals surface area contributed by atoms with E-state index in [1.54, 1.807) is 6.07 Å². The highest BCUT2D eigenvalue weighted by molar-refractivity contribution is 5.47. The SMILES string of the molecule is CCn1cccc1CNc1ccc(O)c(F)c1. The third kappa shape index (κ3) is 2.58. The number of halogens is 1. The van der Waals surface area contributed by atoms with Crippen molar-refractivity contribution in [3.05, 3.63) is 48.0 Å². The number of aromatic hydroxyl groups is 1. The summed E-state index contributed by atoms with van der Waals surface area (Å²) < 4.78 is 15.2. The molecule has 0 spiro atoms. The van der Waals surface area contributed by atoms with Crippen molar-refractivity contribution in [2.45, 2.75) is 20.0 Å². The maximum atomic E-state index is 13.1. The van der Waals surface area contributed by atoms with E-state index < -0.39 is 5.82 Å². The van der Waals surface area contributed by atoms with Gasteiger partial charge in [-0.2, -0.15) is 0 Å². The van der Waals surface area contributed by atoms with Gasteiger partial charge in [-0.1, -0.05) is 0 Å². The fraction of sp³-hybridized carbons (Fsp3) is 0.231. The molecular weight excluding hydrogens is 219 g/mol. The van der Waals surface area contributed by atoms with Crippen LogP contribution in [0.25, 0.3) is 0 Å². The van der Waals surface area contributed by atoms with Crippen molar-refractivity contribution in [3.8, 4) is 5.75 Å². The summed E-state index contributed by atoms with van der Waals surface area (Å²) in [4.78, 5) is 0. The molecule has 0 aliphatic rings. The molecule has 0 amide bonds. The zero-order valence-electron chi connectivity index (χ0n) is 9.65. The molecule has 2 aromatic rings. The Labute approximate surface area is 99.5 Å². The molecule has 0 radical (unpaired) electrons. The molecule has 0 bridgehead atoms. The van der Waals surface area contributed by atoms with Gasteiger partial charge in [0.25, 0.3) is 0 Å². The highest BCUT2D eigenvalue weighted by Gasteiger charge is 2.02. The second kappa shape index (κ2) is 4.91. The predicted molar refractivity (Wildman–Crippen MR) is 65.5 cm³/mol. The second-order valence-electron chi connectivity index (χ2n) is 3.81. The monoisotopic (exact) mass is 234 g/mol. The number of hydrogen-bond acceptors (Lipinski definition) is 2. The zero-order valence-corrected chi connectivity index (χ0v) is 9.65. The largest absolute Gasteiger partial charge is 0.505 e. The van der Waals surface area contributed by atoms with Gasteiger partial charge in [-0.3, -0.25) is 0 Å². The van der Waals surface area contributed by atoms with Crippen molar-refractivity contribution >= 4 is 5.69 Å². The molecule has 0 unspecified atom stereocenters. The summed E-state index contributed by atoms with van der Waals surface area (Å²) in [6.45, 7) is 3.61. The Morgan fingerprint density at radius 1 is 1.35 bits per heavy atom. The lowest BCUT2D eigenvalue weighted by Gasteiger charge is -2.09. The van der Waals surface area contributed by atoms with Crippen LogP contribution in [0.2, 0.25) is 0 Å². The summed E-state index contributed by atoms with van der Waals surface area (Å²) in [6.07, 6.45) is 2.01. The van der Waals surface area contributed by atoms with E-state index in [9.17, 15) is 4.39 Å². The summed E-state index contributed by atoms with van der Waals surface area (Å²) >= 11 is 0. The van der Waals surface area contributed by atoms with E-state index in [2.05, 4.69) is 16.8 Å². The van der Waals surface area contributed by atoms with Gasteiger partial charge in [0.15, 0.2) is 11.6 Å². The average molecular weight is 234 g/mol. The maximum Gasteiger partial charge on any atom is 0.166 e. The molecule has 2 N–H and O–H groups in total. The summed E-state index contributed by atoms with van der Waals surface area (Å²) in [5, 5.41) is 12.2. The third-order valence-electron chi connectivity index (χ3n) is 2.69. The van der Waals surface area contributed by atoms with Gasteiger partial charge >= 0.3 is 0 Å². The first-order chi connectivity index (χ1) is 8.20. The number of nitrogens with one attached hydrogen (secondary N) is 1. The summed E-state index contributed by atoms with van der Waals surface area (Å²) in [6, 6.07) is 8.29. The van der Waals surface area contributed by atoms with Crippen molar-refractivity contribution in [2.24, 2.45) is 0 Å². The highest BCUT2D eigenvalue weighted by Crippen LogP contribution is 2.19. The smallest absolute Gasteiger partial charge is 0.166 e. The third-order valence-corrected chi connectivity index (χ3v) is 2.69. The Balaban J connectivity index is 2.05. The molecule has 1 aromatic carbocycles. The molecule has 3 nitrogen and oxygen atoms in total. The van der Waals surface area contributed by atoms with Crippen LogP contribution in [0.5, 0.6) is 5.75 Å². The lowest BCUT2D eigenvalue weighted by Crippen LogP contribution is -2.06. The Morgan fingerprint density at radius 3 is 2.88 bits per heavy atom. The number of benzene rings is 1. The Hall–Kier alpha value is -1.97. The van der Waals surface area contributed by atoms with Gasteiger partial charge in [-0.05, 0) is 31.2 Å². The van der Waals surface area contributed by atoms with E-state index in [0.29, 0.717) is 12.2 Å². The lowest BCUT2D eigenvalue weighted by atomic mass is 10.3. The van der Waals surface area contributed by atoms with Gasteiger partial charge in [0.1, 0.15) is 0 Å². The molecule has 0 fully saturated rings.